The highest BCUT2D eigenvalue weighted by atomic mass is 35.5. The minimum atomic E-state index is 0. The maximum atomic E-state index is 9.61. The van der Waals surface area contributed by atoms with Gasteiger partial charge in [0.15, 0.2) is 0 Å². The first kappa shape index (κ1) is 16.5. The largest absolute Gasteiger partial charge is 0.508 e. The first-order chi connectivity index (χ1) is 7.36. The highest BCUT2D eigenvalue weighted by molar-refractivity contribution is 5.85. The summed E-state index contributed by atoms with van der Waals surface area (Å²) in [6.45, 7) is 5.45. The Kier molecular flexibility index (Phi) is 8.35. The Balaban J connectivity index is 0.00000128. The molecule has 5 heteroatoms. The van der Waals surface area contributed by atoms with Crippen LogP contribution in [0.15, 0.2) is 24.3 Å². The van der Waals surface area contributed by atoms with Gasteiger partial charge in [-0.1, -0.05) is 18.2 Å². The van der Waals surface area contributed by atoms with Crippen LogP contribution in [0.25, 0.3) is 0 Å². The molecule has 0 saturated carbocycles. The summed E-state index contributed by atoms with van der Waals surface area (Å²) in [5, 5.41) is 12.9. The van der Waals surface area contributed by atoms with Gasteiger partial charge >= 0.3 is 0 Å². The number of nitrogens with one attached hydrogen (secondary N) is 1. The summed E-state index contributed by atoms with van der Waals surface area (Å²) in [7, 11) is 0. The smallest absolute Gasteiger partial charge is 0.118 e. The van der Waals surface area contributed by atoms with E-state index in [1.54, 1.807) is 6.07 Å². The average molecular weight is 279 g/mol. The predicted molar refractivity (Wildman–Crippen MR) is 75.6 cm³/mol. The summed E-state index contributed by atoms with van der Waals surface area (Å²) in [6.07, 6.45) is 0.937. The lowest BCUT2D eigenvalue weighted by molar-refractivity contribution is 0.243. The van der Waals surface area contributed by atoms with E-state index in [1.807, 2.05) is 18.2 Å². The zero-order valence-corrected chi connectivity index (χ0v) is 11.4. The molecule has 17 heavy (non-hydrogen) atoms. The van der Waals surface area contributed by atoms with Crippen LogP contribution in [0.1, 0.15) is 5.56 Å². The SMILES string of the molecule is Cl.Cl.Oc1ccccc1CCN1CCNCC1. The van der Waals surface area contributed by atoms with E-state index in [9.17, 15) is 5.11 Å². The molecule has 0 bridgehead atoms. The predicted octanol–water partition coefficient (Wildman–Crippen LogP) is 1.68. The van der Waals surface area contributed by atoms with E-state index in [0.29, 0.717) is 5.75 Å². The third-order valence-electron chi connectivity index (χ3n) is 2.90. The number of rotatable bonds is 3. The fourth-order valence-electron chi connectivity index (χ4n) is 1.94. The fraction of sp³-hybridized carbons (Fsp3) is 0.500. The van der Waals surface area contributed by atoms with Crippen LogP contribution in [0.4, 0.5) is 0 Å². The van der Waals surface area contributed by atoms with E-state index in [-0.39, 0.29) is 24.8 Å². The van der Waals surface area contributed by atoms with Crippen molar-refractivity contribution in [1.82, 2.24) is 10.2 Å². The van der Waals surface area contributed by atoms with Crippen LogP contribution >= 0.6 is 24.8 Å². The van der Waals surface area contributed by atoms with Crippen LogP contribution < -0.4 is 5.32 Å². The van der Waals surface area contributed by atoms with Gasteiger partial charge in [-0.2, -0.15) is 0 Å². The number of para-hydroxylation sites is 1. The number of piperazine rings is 1. The van der Waals surface area contributed by atoms with Gasteiger partial charge in [0, 0.05) is 32.7 Å². The van der Waals surface area contributed by atoms with Crippen molar-refractivity contribution in [3.8, 4) is 5.75 Å². The van der Waals surface area contributed by atoms with E-state index in [1.165, 1.54) is 0 Å². The molecule has 1 aliphatic rings. The molecule has 1 saturated heterocycles. The second-order valence-corrected chi connectivity index (χ2v) is 3.97. The summed E-state index contributed by atoms with van der Waals surface area (Å²) >= 11 is 0. The molecule has 1 aliphatic heterocycles. The van der Waals surface area contributed by atoms with Crippen LogP contribution in [0, 0.1) is 0 Å². The highest BCUT2D eigenvalue weighted by Crippen LogP contribution is 2.16. The van der Waals surface area contributed by atoms with E-state index < -0.39 is 0 Å². The van der Waals surface area contributed by atoms with E-state index in [4.69, 9.17) is 0 Å². The molecule has 0 aliphatic carbocycles. The van der Waals surface area contributed by atoms with Crippen LogP contribution in [0.5, 0.6) is 5.75 Å². The Labute approximate surface area is 115 Å². The minimum absolute atomic E-state index is 0. The number of phenols is 1. The summed E-state index contributed by atoms with van der Waals surface area (Å²) in [4.78, 5) is 2.43. The molecular formula is C12H20Cl2N2O. The summed E-state index contributed by atoms with van der Waals surface area (Å²) < 4.78 is 0. The number of nitrogens with zero attached hydrogens (tertiary/aromatic N) is 1. The molecule has 98 valence electrons. The molecule has 1 aromatic carbocycles. The molecule has 0 unspecified atom stereocenters. The van der Waals surface area contributed by atoms with Gasteiger partial charge in [-0.15, -0.1) is 24.8 Å². The van der Waals surface area contributed by atoms with Gasteiger partial charge in [-0.3, -0.25) is 0 Å². The first-order valence-electron chi connectivity index (χ1n) is 5.56. The maximum Gasteiger partial charge on any atom is 0.118 e. The molecule has 0 radical (unpaired) electrons. The number of phenolic OH excluding ortho intramolecular Hbond substituents is 1. The van der Waals surface area contributed by atoms with Gasteiger partial charge in [-0.25, -0.2) is 0 Å². The standard InChI is InChI=1S/C12H18N2O.2ClH/c15-12-4-2-1-3-11(12)5-8-14-9-6-13-7-10-14;;/h1-4,13,15H,5-10H2;2*1H. The van der Waals surface area contributed by atoms with Gasteiger partial charge in [0.05, 0.1) is 0 Å². The summed E-state index contributed by atoms with van der Waals surface area (Å²) in [5.74, 6) is 0.424. The van der Waals surface area contributed by atoms with Crippen molar-refractivity contribution < 1.29 is 5.11 Å². The molecule has 0 atom stereocenters. The zero-order chi connectivity index (χ0) is 10.5. The van der Waals surface area contributed by atoms with Crippen LogP contribution in [-0.2, 0) is 6.42 Å². The second-order valence-electron chi connectivity index (χ2n) is 3.97. The lowest BCUT2D eigenvalue weighted by atomic mass is 10.1. The normalized spacial score (nSPS) is 15.8. The van der Waals surface area contributed by atoms with Crippen molar-refractivity contribution in [1.29, 1.82) is 0 Å². The number of halogens is 2. The highest BCUT2D eigenvalue weighted by Gasteiger charge is 2.09. The Morgan fingerprint density at radius 1 is 1.12 bits per heavy atom. The summed E-state index contributed by atoms with van der Waals surface area (Å²) in [5.41, 5.74) is 1.05. The Bertz CT molecular complexity index is 317. The maximum absolute atomic E-state index is 9.61. The Hall–Kier alpha value is -0.480. The van der Waals surface area contributed by atoms with E-state index >= 15 is 0 Å². The molecule has 1 fully saturated rings. The molecule has 1 aromatic rings. The number of hydrogen-bond donors (Lipinski definition) is 2. The van der Waals surface area contributed by atoms with Crippen LogP contribution in [0.3, 0.4) is 0 Å². The number of hydrogen-bond acceptors (Lipinski definition) is 3. The Morgan fingerprint density at radius 2 is 1.76 bits per heavy atom. The lowest BCUT2D eigenvalue weighted by Gasteiger charge is -2.27. The molecular weight excluding hydrogens is 259 g/mol. The molecule has 1 heterocycles. The second kappa shape index (κ2) is 8.59. The fourth-order valence-corrected chi connectivity index (χ4v) is 1.94. The van der Waals surface area contributed by atoms with Gasteiger partial charge in [0.25, 0.3) is 0 Å². The zero-order valence-electron chi connectivity index (χ0n) is 9.76. The number of benzene rings is 1. The minimum Gasteiger partial charge on any atom is -0.508 e. The van der Waals surface area contributed by atoms with E-state index in [2.05, 4.69) is 10.2 Å². The van der Waals surface area contributed by atoms with Gasteiger partial charge in [0.1, 0.15) is 5.75 Å². The van der Waals surface area contributed by atoms with Crippen molar-refractivity contribution in [3.05, 3.63) is 29.8 Å². The first-order valence-corrected chi connectivity index (χ1v) is 5.56. The van der Waals surface area contributed by atoms with Crippen molar-refractivity contribution in [2.45, 2.75) is 6.42 Å². The van der Waals surface area contributed by atoms with Crippen molar-refractivity contribution >= 4 is 24.8 Å². The quantitative estimate of drug-likeness (QED) is 0.883. The molecule has 0 amide bonds. The van der Waals surface area contributed by atoms with Crippen molar-refractivity contribution in [2.75, 3.05) is 32.7 Å². The van der Waals surface area contributed by atoms with Crippen molar-refractivity contribution in [2.24, 2.45) is 0 Å². The van der Waals surface area contributed by atoms with Gasteiger partial charge in [0.2, 0.25) is 0 Å². The number of aromatic hydroxyl groups is 1. The third kappa shape index (κ3) is 5.13. The monoisotopic (exact) mass is 278 g/mol. The van der Waals surface area contributed by atoms with Gasteiger partial charge in [-0.05, 0) is 18.1 Å². The molecule has 0 spiro atoms. The molecule has 2 N–H and O–H groups in total. The molecule has 3 nitrogen and oxygen atoms in total. The van der Waals surface area contributed by atoms with Crippen molar-refractivity contribution in [3.63, 3.8) is 0 Å². The molecule has 0 aromatic heterocycles. The third-order valence-corrected chi connectivity index (χ3v) is 2.90. The molecule has 2 rings (SSSR count). The Morgan fingerprint density at radius 3 is 2.41 bits per heavy atom. The van der Waals surface area contributed by atoms with E-state index in [0.717, 1.165) is 44.7 Å². The van der Waals surface area contributed by atoms with Gasteiger partial charge < -0.3 is 15.3 Å². The average Bonchev–Trinajstić information content (AvgIpc) is 2.29. The van der Waals surface area contributed by atoms with Crippen LogP contribution in [-0.4, -0.2) is 42.7 Å². The van der Waals surface area contributed by atoms with Crippen LogP contribution in [0.2, 0.25) is 0 Å². The lowest BCUT2D eigenvalue weighted by Crippen LogP contribution is -2.44. The topological polar surface area (TPSA) is 35.5 Å². The summed E-state index contributed by atoms with van der Waals surface area (Å²) in [6, 6.07) is 7.60.